The van der Waals surface area contributed by atoms with Crippen LogP contribution in [0, 0.1) is 5.92 Å². The number of rotatable bonds is 4. The molecule has 1 aliphatic heterocycles. The summed E-state index contributed by atoms with van der Waals surface area (Å²) in [5, 5.41) is 0. The summed E-state index contributed by atoms with van der Waals surface area (Å²) in [5.41, 5.74) is 0.775. The zero-order chi connectivity index (χ0) is 14.7. The zero-order valence-electron chi connectivity index (χ0n) is 12.8. The van der Waals surface area contributed by atoms with Crippen molar-refractivity contribution in [3.8, 4) is 5.75 Å². The fourth-order valence-electron chi connectivity index (χ4n) is 3.76. The van der Waals surface area contributed by atoms with Gasteiger partial charge in [0.05, 0.1) is 12.2 Å². The monoisotopic (exact) mass is 288 g/mol. The second kappa shape index (κ2) is 6.18. The summed E-state index contributed by atoms with van der Waals surface area (Å²) in [5.74, 6) is 1.14. The number of benzene rings is 1. The zero-order valence-corrected chi connectivity index (χ0v) is 12.8. The van der Waals surface area contributed by atoms with Crippen LogP contribution in [0.5, 0.6) is 5.75 Å². The molecule has 1 aromatic carbocycles. The lowest BCUT2D eigenvalue weighted by Gasteiger charge is -2.37. The first-order chi connectivity index (χ1) is 10.2. The first kappa shape index (κ1) is 14.6. The molecule has 0 amide bonds. The third-order valence-corrected chi connectivity index (χ3v) is 4.81. The summed E-state index contributed by atoms with van der Waals surface area (Å²) in [6.07, 6.45) is 6.46. The van der Waals surface area contributed by atoms with Crippen molar-refractivity contribution in [2.24, 2.45) is 5.92 Å². The number of ketones is 1. The number of carbonyl (C=O) groups excluding carboxylic acids is 1. The molecule has 1 unspecified atom stereocenters. The molecule has 0 aromatic heterocycles. The Kier molecular flexibility index (Phi) is 4.29. The van der Waals surface area contributed by atoms with E-state index in [9.17, 15) is 4.79 Å². The van der Waals surface area contributed by atoms with Gasteiger partial charge in [0.15, 0.2) is 5.78 Å². The summed E-state index contributed by atoms with van der Waals surface area (Å²) in [7, 11) is 0. The molecule has 21 heavy (non-hydrogen) atoms. The molecule has 1 aliphatic carbocycles. The molecular weight excluding hydrogens is 264 g/mol. The van der Waals surface area contributed by atoms with Gasteiger partial charge in [-0.1, -0.05) is 25.0 Å². The summed E-state index contributed by atoms with van der Waals surface area (Å²) in [4.78, 5) is 12.8. The van der Waals surface area contributed by atoms with Crippen LogP contribution in [-0.2, 0) is 4.74 Å². The molecule has 2 aliphatic rings. The quantitative estimate of drug-likeness (QED) is 0.785. The SMILES string of the molecule is CCOc1cccc(C(=O)C2CCOC3(CCCC3)C2)c1. The van der Waals surface area contributed by atoms with Gasteiger partial charge in [0.25, 0.3) is 0 Å². The smallest absolute Gasteiger partial charge is 0.166 e. The molecule has 0 bridgehead atoms. The van der Waals surface area contributed by atoms with E-state index in [1.807, 2.05) is 31.2 Å². The van der Waals surface area contributed by atoms with E-state index in [2.05, 4.69) is 0 Å². The summed E-state index contributed by atoms with van der Waals surface area (Å²) >= 11 is 0. The fraction of sp³-hybridized carbons (Fsp3) is 0.611. The highest BCUT2D eigenvalue weighted by Crippen LogP contribution is 2.42. The molecule has 2 fully saturated rings. The number of carbonyl (C=O) groups is 1. The summed E-state index contributed by atoms with van der Waals surface area (Å²) < 4.78 is 11.5. The second-order valence-electron chi connectivity index (χ2n) is 6.25. The average molecular weight is 288 g/mol. The van der Waals surface area contributed by atoms with Crippen LogP contribution in [0.4, 0.5) is 0 Å². The van der Waals surface area contributed by atoms with Crippen LogP contribution in [-0.4, -0.2) is 24.6 Å². The standard InChI is InChI=1S/C18H24O3/c1-2-20-16-7-5-6-14(12-16)17(19)15-8-11-21-18(13-15)9-3-4-10-18/h5-7,12,15H,2-4,8-11,13H2,1H3. The number of hydrogen-bond acceptors (Lipinski definition) is 3. The predicted octanol–water partition coefficient (Wildman–Crippen LogP) is 4.01. The van der Waals surface area contributed by atoms with Gasteiger partial charge >= 0.3 is 0 Å². The van der Waals surface area contributed by atoms with E-state index in [1.54, 1.807) is 0 Å². The van der Waals surface area contributed by atoms with Crippen molar-refractivity contribution in [1.29, 1.82) is 0 Å². The van der Waals surface area contributed by atoms with E-state index in [0.29, 0.717) is 6.61 Å². The Hall–Kier alpha value is -1.35. The van der Waals surface area contributed by atoms with Gasteiger partial charge < -0.3 is 9.47 Å². The highest BCUT2D eigenvalue weighted by Gasteiger charge is 2.41. The topological polar surface area (TPSA) is 35.5 Å². The van der Waals surface area contributed by atoms with Crippen LogP contribution in [0.2, 0.25) is 0 Å². The number of ether oxygens (including phenoxy) is 2. The molecule has 1 saturated carbocycles. The Morgan fingerprint density at radius 1 is 1.38 bits per heavy atom. The fourth-order valence-corrected chi connectivity index (χ4v) is 3.76. The molecule has 1 saturated heterocycles. The molecule has 3 heteroatoms. The minimum Gasteiger partial charge on any atom is -0.494 e. The van der Waals surface area contributed by atoms with Crippen molar-refractivity contribution in [3.05, 3.63) is 29.8 Å². The highest BCUT2D eigenvalue weighted by atomic mass is 16.5. The Bertz CT molecular complexity index is 503. The first-order valence-corrected chi connectivity index (χ1v) is 8.13. The maximum atomic E-state index is 12.8. The van der Waals surface area contributed by atoms with Crippen LogP contribution >= 0.6 is 0 Å². The third-order valence-electron chi connectivity index (χ3n) is 4.81. The van der Waals surface area contributed by atoms with E-state index < -0.39 is 0 Å². The van der Waals surface area contributed by atoms with Gasteiger partial charge in [-0.2, -0.15) is 0 Å². The number of hydrogen-bond donors (Lipinski definition) is 0. The van der Waals surface area contributed by atoms with E-state index in [-0.39, 0.29) is 17.3 Å². The van der Waals surface area contributed by atoms with E-state index in [0.717, 1.165) is 43.6 Å². The van der Waals surface area contributed by atoms with Crippen molar-refractivity contribution in [2.45, 2.75) is 51.0 Å². The molecule has 1 heterocycles. The lowest BCUT2D eigenvalue weighted by atomic mass is 9.80. The van der Waals surface area contributed by atoms with Gasteiger partial charge in [0, 0.05) is 18.1 Å². The third kappa shape index (κ3) is 3.13. The minimum absolute atomic E-state index is 0.00386. The Morgan fingerprint density at radius 2 is 2.19 bits per heavy atom. The maximum absolute atomic E-state index is 12.8. The Morgan fingerprint density at radius 3 is 2.95 bits per heavy atom. The van der Waals surface area contributed by atoms with Crippen molar-refractivity contribution in [2.75, 3.05) is 13.2 Å². The van der Waals surface area contributed by atoms with Gasteiger partial charge in [-0.15, -0.1) is 0 Å². The van der Waals surface area contributed by atoms with Gasteiger partial charge in [0.1, 0.15) is 5.75 Å². The molecule has 1 aromatic rings. The van der Waals surface area contributed by atoms with Crippen molar-refractivity contribution >= 4 is 5.78 Å². The Labute approximate surface area is 126 Å². The molecule has 3 nitrogen and oxygen atoms in total. The van der Waals surface area contributed by atoms with E-state index in [1.165, 1.54) is 12.8 Å². The van der Waals surface area contributed by atoms with Crippen LogP contribution in [0.25, 0.3) is 0 Å². The van der Waals surface area contributed by atoms with Gasteiger partial charge in [0.2, 0.25) is 0 Å². The molecular formula is C18H24O3. The molecule has 1 atom stereocenters. The van der Waals surface area contributed by atoms with Crippen molar-refractivity contribution in [3.63, 3.8) is 0 Å². The molecule has 0 radical (unpaired) electrons. The molecule has 0 N–H and O–H groups in total. The summed E-state index contributed by atoms with van der Waals surface area (Å²) in [6.45, 7) is 3.30. The van der Waals surface area contributed by atoms with Crippen molar-refractivity contribution in [1.82, 2.24) is 0 Å². The molecule has 114 valence electrons. The van der Waals surface area contributed by atoms with Gasteiger partial charge in [-0.3, -0.25) is 4.79 Å². The van der Waals surface area contributed by atoms with Gasteiger partial charge in [-0.25, -0.2) is 0 Å². The summed E-state index contributed by atoms with van der Waals surface area (Å²) in [6, 6.07) is 7.59. The normalized spacial score (nSPS) is 24.1. The van der Waals surface area contributed by atoms with Crippen LogP contribution in [0.15, 0.2) is 24.3 Å². The number of Topliss-reactive ketones (excluding diaryl/α,β-unsaturated/α-hetero) is 1. The Balaban J connectivity index is 1.73. The first-order valence-electron chi connectivity index (χ1n) is 8.13. The predicted molar refractivity (Wildman–Crippen MR) is 81.8 cm³/mol. The second-order valence-corrected chi connectivity index (χ2v) is 6.25. The highest BCUT2D eigenvalue weighted by molar-refractivity contribution is 5.98. The maximum Gasteiger partial charge on any atom is 0.166 e. The van der Waals surface area contributed by atoms with E-state index in [4.69, 9.17) is 9.47 Å². The largest absolute Gasteiger partial charge is 0.494 e. The average Bonchev–Trinajstić information content (AvgIpc) is 2.95. The minimum atomic E-state index is -0.00386. The van der Waals surface area contributed by atoms with Crippen molar-refractivity contribution < 1.29 is 14.3 Å². The lowest BCUT2D eigenvalue weighted by Crippen LogP contribution is -2.39. The molecule has 3 rings (SSSR count). The lowest BCUT2D eigenvalue weighted by molar-refractivity contribution is -0.0866. The molecule has 1 spiro atoms. The van der Waals surface area contributed by atoms with Gasteiger partial charge in [-0.05, 0) is 44.7 Å². The van der Waals surface area contributed by atoms with Crippen LogP contribution in [0.3, 0.4) is 0 Å². The van der Waals surface area contributed by atoms with Crippen LogP contribution < -0.4 is 4.74 Å². The van der Waals surface area contributed by atoms with E-state index >= 15 is 0 Å². The van der Waals surface area contributed by atoms with Crippen LogP contribution in [0.1, 0.15) is 55.8 Å².